The molecule has 0 bridgehead atoms. The zero-order valence-corrected chi connectivity index (χ0v) is 11.3. The number of nitrogens with zero attached hydrogens (tertiary/aromatic N) is 4. The fourth-order valence-electron chi connectivity index (χ4n) is 2.46. The molecule has 2 aromatic heterocycles. The van der Waals surface area contributed by atoms with Crippen LogP contribution in [0.15, 0.2) is 6.33 Å². The monoisotopic (exact) mass is 261 g/mol. The Morgan fingerprint density at radius 1 is 1.47 bits per heavy atom. The maximum absolute atomic E-state index is 9.68. The Balaban J connectivity index is 2.03. The van der Waals surface area contributed by atoms with E-state index in [9.17, 15) is 5.11 Å². The summed E-state index contributed by atoms with van der Waals surface area (Å²) in [6, 6.07) is 0. The number of aliphatic hydroxyl groups is 1. The molecule has 1 unspecified atom stereocenters. The normalized spacial score (nSPS) is 18.7. The molecule has 2 aromatic rings. The lowest BCUT2D eigenvalue weighted by atomic mass is 10.1. The largest absolute Gasteiger partial charge is 0.378 e. The summed E-state index contributed by atoms with van der Waals surface area (Å²) in [7, 11) is 0. The Labute approximate surface area is 111 Å². The first-order valence-electron chi connectivity index (χ1n) is 6.68. The summed E-state index contributed by atoms with van der Waals surface area (Å²) in [5.41, 5.74) is 8.05. The van der Waals surface area contributed by atoms with Gasteiger partial charge in [0.15, 0.2) is 5.65 Å². The van der Waals surface area contributed by atoms with Crippen LogP contribution in [0.3, 0.4) is 0 Å². The van der Waals surface area contributed by atoms with Gasteiger partial charge < -0.3 is 15.4 Å². The van der Waals surface area contributed by atoms with Crippen molar-refractivity contribution < 1.29 is 5.11 Å². The molecule has 1 aliphatic rings. The molecule has 19 heavy (non-hydrogen) atoms. The maximum atomic E-state index is 9.68. The summed E-state index contributed by atoms with van der Waals surface area (Å²) >= 11 is 0. The van der Waals surface area contributed by atoms with Gasteiger partial charge in [0.2, 0.25) is 0 Å². The highest BCUT2D eigenvalue weighted by molar-refractivity contribution is 5.73. The van der Waals surface area contributed by atoms with Gasteiger partial charge in [0.25, 0.3) is 0 Å². The van der Waals surface area contributed by atoms with E-state index in [4.69, 9.17) is 5.73 Å². The zero-order chi connectivity index (χ0) is 13.6. The molecule has 1 fully saturated rings. The summed E-state index contributed by atoms with van der Waals surface area (Å²) in [5, 5.41) is 9.68. The fourth-order valence-corrected chi connectivity index (χ4v) is 2.46. The van der Waals surface area contributed by atoms with Crippen LogP contribution >= 0.6 is 0 Å². The highest BCUT2D eigenvalue weighted by Gasteiger charge is 2.48. The minimum Gasteiger partial charge on any atom is -0.378 e. The summed E-state index contributed by atoms with van der Waals surface area (Å²) in [5.74, 6) is 0.824. The van der Waals surface area contributed by atoms with Crippen molar-refractivity contribution in [3.05, 3.63) is 17.8 Å². The van der Waals surface area contributed by atoms with E-state index >= 15 is 0 Å². The zero-order valence-electron chi connectivity index (χ0n) is 11.3. The van der Waals surface area contributed by atoms with Crippen molar-refractivity contribution in [3.8, 4) is 0 Å². The number of hydrogen-bond donors (Lipinski definition) is 2. The Hall–Kier alpha value is -1.53. The first-order chi connectivity index (χ1) is 9.05. The highest BCUT2D eigenvalue weighted by atomic mass is 16.3. The molecule has 0 radical (unpaired) electrons. The van der Waals surface area contributed by atoms with Crippen molar-refractivity contribution in [2.75, 3.05) is 0 Å². The lowest BCUT2D eigenvalue weighted by molar-refractivity contribution is 0.0881. The van der Waals surface area contributed by atoms with Crippen molar-refractivity contribution in [2.24, 2.45) is 11.1 Å². The summed E-state index contributed by atoms with van der Waals surface area (Å²) in [6.45, 7) is 4.65. The first-order valence-corrected chi connectivity index (χ1v) is 6.68. The van der Waals surface area contributed by atoms with Gasteiger partial charge in [-0.1, -0.05) is 6.92 Å². The van der Waals surface area contributed by atoms with Crippen LogP contribution in [0.25, 0.3) is 11.2 Å². The average Bonchev–Trinajstić information content (AvgIpc) is 3.06. The van der Waals surface area contributed by atoms with Gasteiger partial charge in [0, 0.05) is 18.4 Å². The molecule has 3 N–H and O–H groups in total. The van der Waals surface area contributed by atoms with Crippen LogP contribution in [0, 0.1) is 12.3 Å². The van der Waals surface area contributed by atoms with Gasteiger partial charge in [0.1, 0.15) is 17.6 Å². The second-order valence-corrected chi connectivity index (χ2v) is 5.43. The number of rotatable bonds is 4. The third-order valence-corrected chi connectivity index (χ3v) is 4.01. The van der Waals surface area contributed by atoms with Crippen LogP contribution in [0.2, 0.25) is 0 Å². The molecule has 3 rings (SSSR count). The van der Waals surface area contributed by atoms with Crippen molar-refractivity contribution in [2.45, 2.75) is 45.9 Å². The summed E-state index contributed by atoms with van der Waals surface area (Å²) in [6.07, 6.45) is 3.70. The summed E-state index contributed by atoms with van der Waals surface area (Å²) in [4.78, 5) is 13.4. The quantitative estimate of drug-likeness (QED) is 0.793. The van der Waals surface area contributed by atoms with E-state index in [1.54, 1.807) is 6.33 Å². The molecular weight excluding hydrogens is 242 g/mol. The lowest BCUT2D eigenvalue weighted by Gasteiger charge is -2.19. The van der Waals surface area contributed by atoms with Crippen LogP contribution < -0.4 is 5.73 Å². The van der Waals surface area contributed by atoms with E-state index in [0.717, 1.165) is 41.9 Å². The Morgan fingerprint density at radius 3 is 2.79 bits per heavy atom. The number of aryl methyl sites for hydroxylation is 2. The van der Waals surface area contributed by atoms with E-state index in [0.29, 0.717) is 6.54 Å². The van der Waals surface area contributed by atoms with Gasteiger partial charge in [-0.05, 0) is 19.8 Å². The minimum atomic E-state index is -0.779. The van der Waals surface area contributed by atoms with Crippen LogP contribution in [-0.4, -0.2) is 30.9 Å². The van der Waals surface area contributed by atoms with E-state index in [-0.39, 0.29) is 5.41 Å². The molecule has 6 nitrogen and oxygen atoms in total. The van der Waals surface area contributed by atoms with E-state index in [1.807, 2.05) is 18.4 Å². The van der Waals surface area contributed by atoms with Gasteiger partial charge in [0.05, 0.1) is 12.0 Å². The molecule has 1 saturated carbocycles. The first kappa shape index (κ1) is 12.5. The molecular formula is C13H19N5O. The number of aliphatic hydroxyl groups excluding tert-OH is 1. The van der Waals surface area contributed by atoms with Gasteiger partial charge in [-0.15, -0.1) is 0 Å². The predicted octanol–water partition coefficient (Wildman–Crippen LogP) is 0.754. The molecule has 1 atom stereocenters. The molecule has 0 amide bonds. The molecule has 0 spiro atoms. The topological polar surface area (TPSA) is 89.9 Å². The van der Waals surface area contributed by atoms with Gasteiger partial charge in [-0.2, -0.15) is 0 Å². The number of fused-ring (bicyclic) bond motifs is 1. The lowest BCUT2D eigenvalue weighted by Crippen LogP contribution is -2.34. The van der Waals surface area contributed by atoms with Crippen molar-refractivity contribution in [1.82, 2.24) is 19.5 Å². The van der Waals surface area contributed by atoms with Gasteiger partial charge >= 0.3 is 0 Å². The third-order valence-electron chi connectivity index (χ3n) is 4.01. The standard InChI is InChI=1S/C13H19N5O/c1-3-9-16-8(2)10-11(17-9)18(7-15-10)6-13(4-5-13)12(14)19/h7,12,19H,3-6,14H2,1-2H3. The van der Waals surface area contributed by atoms with Crippen LogP contribution in [0.1, 0.15) is 31.3 Å². The van der Waals surface area contributed by atoms with E-state index < -0.39 is 6.23 Å². The number of nitrogens with two attached hydrogens (primary N) is 1. The van der Waals surface area contributed by atoms with Gasteiger partial charge in [-0.3, -0.25) is 0 Å². The molecule has 0 aliphatic heterocycles. The third kappa shape index (κ3) is 2.01. The smallest absolute Gasteiger partial charge is 0.163 e. The van der Waals surface area contributed by atoms with Gasteiger partial charge in [-0.25, -0.2) is 15.0 Å². The highest BCUT2D eigenvalue weighted by Crippen LogP contribution is 2.49. The van der Waals surface area contributed by atoms with Crippen molar-refractivity contribution in [3.63, 3.8) is 0 Å². The number of hydrogen-bond acceptors (Lipinski definition) is 5. The van der Waals surface area contributed by atoms with Crippen molar-refractivity contribution in [1.29, 1.82) is 0 Å². The molecule has 2 heterocycles. The Kier molecular flexibility index (Phi) is 2.79. The van der Waals surface area contributed by atoms with E-state index in [2.05, 4.69) is 15.0 Å². The fraction of sp³-hybridized carbons (Fsp3) is 0.615. The predicted molar refractivity (Wildman–Crippen MR) is 71.3 cm³/mol. The number of imidazole rings is 1. The maximum Gasteiger partial charge on any atom is 0.163 e. The molecule has 102 valence electrons. The van der Waals surface area contributed by atoms with Crippen LogP contribution in [0.5, 0.6) is 0 Å². The average molecular weight is 261 g/mol. The molecule has 0 saturated heterocycles. The van der Waals surface area contributed by atoms with E-state index in [1.165, 1.54) is 0 Å². The van der Waals surface area contributed by atoms with Crippen molar-refractivity contribution >= 4 is 11.2 Å². The van der Waals surface area contributed by atoms with Crippen LogP contribution in [0.4, 0.5) is 0 Å². The second-order valence-electron chi connectivity index (χ2n) is 5.43. The Bertz CT molecular complexity index is 615. The molecule has 1 aliphatic carbocycles. The number of aromatic nitrogens is 4. The van der Waals surface area contributed by atoms with Crippen LogP contribution in [-0.2, 0) is 13.0 Å². The Morgan fingerprint density at radius 2 is 2.21 bits per heavy atom. The summed E-state index contributed by atoms with van der Waals surface area (Å²) < 4.78 is 1.99. The SMILES string of the molecule is CCc1nc(C)c2ncn(CC3(C(N)O)CC3)c2n1. The molecule has 6 heteroatoms. The second kappa shape index (κ2) is 4.25. The molecule has 0 aromatic carbocycles. The minimum absolute atomic E-state index is 0.196.